The van der Waals surface area contributed by atoms with Crippen molar-refractivity contribution in [3.8, 4) is 22.7 Å². The molecule has 0 spiro atoms. The lowest BCUT2D eigenvalue weighted by atomic mass is 10.2. The lowest BCUT2D eigenvalue weighted by Gasteiger charge is -2.24. The predicted molar refractivity (Wildman–Crippen MR) is 315 cm³/mol. The Morgan fingerprint density at radius 1 is 0.282 bits per heavy atom. The first-order chi connectivity index (χ1) is 34.8. The Morgan fingerprint density at radius 2 is 0.493 bits per heavy atom. The normalized spacial score (nSPS) is 11.1. The highest BCUT2D eigenvalue weighted by atomic mass is 32.4. The molecule has 348 valence electrons. The van der Waals surface area contributed by atoms with Crippen LogP contribution in [0, 0.1) is 16.5 Å². The highest BCUT2D eigenvalue weighted by Crippen LogP contribution is 2.45. The fourth-order valence-electron chi connectivity index (χ4n) is 8.41. The second-order valence-electron chi connectivity index (χ2n) is 16.5. The SMILES string of the molecule is Cc1ccccc1.S=c1n(-c2ccccc2)cc(P(=S)(c2ccccc2)c2ccccc2)n1-c1ccccc1.S=c1n(-c2ccccc2)cc(P(=S)(c2ccccc2)c2ccccc2)n1-c1ccccc1. The quantitative estimate of drug-likeness (QED) is 0.100. The molecule has 0 atom stereocenters. The third-order valence-electron chi connectivity index (χ3n) is 11.9. The van der Waals surface area contributed by atoms with Crippen LogP contribution in [-0.2, 0) is 23.6 Å². The summed E-state index contributed by atoms with van der Waals surface area (Å²) in [7, 11) is 0. The topological polar surface area (TPSA) is 19.7 Å². The molecule has 9 aromatic carbocycles. The predicted octanol–water partition coefficient (Wildman–Crippen LogP) is 13.5. The summed E-state index contributed by atoms with van der Waals surface area (Å²) in [6.07, 6.45) is 4.29. The summed E-state index contributed by atoms with van der Waals surface area (Å²) >= 11 is 25.4. The van der Waals surface area contributed by atoms with Crippen LogP contribution in [0.2, 0.25) is 0 Å². The molecule has 4 nitrogen and oxygen atoms in total. The number of nitrogens with zero attached hydrogens (tertiary/aromatic N) is 4. The molecule has 0 fully saturated rings. The molecule has 0 aliphatic rings. The van der Waals surface area contributed by atoms with Gasteiger partial charge in [-0.3, -0.25) is 18.3 Å². The number of hydrogen-bond acceptors (Lipinski definition) is 4. The molecule has 0 aliphatic carbocycles. The molecule has 2 aromatic heterocycles. The summed E-state index contributed by atoms with van der Waals surface area (Å²) in [6.45, 7) is 2.08. The molecule has 10 heteroatoms. The number of benzene rings is 9. The van der Waals surface area contributed by atoms with Gasteiger partial charge in [-0.05, 0) is 101 Å². The molecule has 0 unspecified atom stereocenters. The Kier molecular flexibility index (Phi) is 15.9. The van der Waals surface area contributed by atoms with Gasteiger partial charge in [0, 0.05) is 35.1 Å². The van der Waals surface area contributed by atoms with Gasteiger partial charge in [-0.1, -0.05) is 254 Å². The Bertz CT molecular complexity index is 3350. The van der Waals surface area contributed by atoms with E-state index in [4.69, 9.17) is 48.0 Å². The molecule has 0 saturated heterocycles. The highest BCUT2D eigenvalue weighted by molar-refractivity contribution is 8.26. The van der Waals surface area contributed by atoms with Gasteiger partial charge in [0.25, 0.3) is 0 Å². The van der Waals surface area contributed by atoms with E-state index in [9.17, 15) is 0 Å². The first-order valence-electron chi connectivity index (χ1n) is 23.1. The second-order valence-corrected chi connectivity index (χ2v) is 25.9. The van der Waals surface area contributed by atoms with Crippen LogP contribution in [0.3, 0.4) is 0 Å². The first kappa shape index (κ1) is 49.1. The molecule has 71 heavy (non-hydrogen) atoms. The van der Waals surface area contributed by atoms with Crippen molar-refractivity contribution in [2.45, 2.75) is 6.92 Å². The lowest BCUT2D eigenvalue weighted by Crippen LogP contribution is -2.29. The van der Waals surface area contributed by atoms with Crippen LogP contribution in [0.1, 0.15) is 5.56 Å². The summed E-state index contributed by atoms with van der Waals surface area (Å²) in [5.74, 6) is 0. The van der Waals surface area contributed by atoms with E-state index in [1.54, 1.807) is 0 Å². The van der Waals surface area contributed by atoms with Gasteiger partial charge in [0.15, 0.2) is 9.54 Å². The largest absolute Gasteiger partial charge is 0.292 e. The van der Waals surface area contributed by atoms with Crippen LogP contribution in [0.5, 0.6) is 0 Å². The molecule has 11 aromatic rings. The first-order valence-corrected chi connectivity index (χ1v) is 29.6. The molecular weight excluding hydrogens is 979 g/mol. The van der Waals surface area contributed by atoms with Crippen LogP contribution in [0.25, 0.3) is 22.7 Å². The minimum absolute atomic E-state index is 0.707. The summed E-state index contributed by atoms with van der Waals surface area (Å²) in [6, 6.07) is 88.3. The fourth-order valence-corrected chi connectivity index (χ4v) is 17.1. The standard InChI is InChI=1S/2C27H21N2PS2.C7H8/c2*31-27-28(22-13-5-1-6-14-22)21-26(29(27)23-15-7-2-8-16-23)30(32,24-17-9-3-10-18-24)25-19-11-4-12-20-25;1-7-5-3-2-4-6-7/h2*1-21H;2-6H,1H3. The van der Waals surface area contributed by atoms with E-state index in [2.05, 4.69) is 195 Å². The van der Waals surface area contributed by atoms with Gasteiger partial charge >= 0.3 is 0 Å². The van der Waals surface area contributed by atoms with Crippen LogP contribution in [-0.4, -0.2) is 18.3 Å². The Hall–Kier alpha value is -6.86. The second kappa shape index (κ2) is 22.9. The van der Waals surface area contributed by atoms with Gasteiger partial charge in [-0.15, -0.1) is 0 Å². The van der Waals surface area contributed by atoms with Crippen LogP contribution >= 0.6 is 36.5 Å². The van der Waals surface area contributed by atoms with Crippen molar-refractivity contribution >= 4 is 92.2 Å². The van der Waals surface area contributed by atoms with Crippen molar-refractivity contribution in [3.63, 3.8) is 0 Å². The van der Waals surface area contributed by atoms with Crippen molar-refractivity contribution in [2.24, 2.45) is 0 Å². The zero-order valence-corrected chi connectivity index (χ0v) is 44.0. The monoisotopic (exact) mass is 1030 g/mol. The minimum Gasteiger partial charge on any atom is -0.292 e. The Morgan fingerprint density at radius 3 is 0.718 bits per heavy atom. The lowest BCUT2D eigenvalue weighted by molar-refractivity contribution is 0.963. The van der Waals surface area contributed by atoms with E-state index < -0.39 is 12.1 Å². The van der Waals surface area contributed by atoms with Gasteiger partial charge in [0.1, 0.15) is 0 Å². The molecular formula is C61H50N4P2S4. The number of para-hydroxylation sites is 4. The van der Waals surface area contributed by atoms with Crippen molar-refractivity contribution in [2.75, 3.05) is 0 Å². The Balaban J connectivity index is 0.000000154. The zero-order chi connectivity index (χ0) is 49.0. The molecule has 2 heterocycles. The van der Waals surface area contributed by atoms with E-state index in [1.165, 1.54) is 5.56 Å². The van der Waals surface area contributed by atoms with Gasteiger partial charge in [-0.2, -0.15) is 0 Å². The maximum absolute atomic E-state index is 6.64. The van der Waals surface area contributed by atoms with E-state index in [0.717, 1.165) is 54.8 Å². The van der Waals surface area contributed by atoms with Crippen molar-refractivity contribution in [1.29, 1.82) is 0 Å². The average molecular weight is 1030 g/mol. The third-order valence-corrected chi connectivity index (χ3v) is 22.3. The van der Waals surface area contributed by atoms with Crippen LogP contribution in [0.15, 0.2) is 285 Å². The smallest absolute Gasteiger partial charge is 0.189 e. The molecule has 0 bridgehead atoms. The highest BCUT2D eigenvalue weighted by Gasteiger charge is 2.32. The number of aromatic nitrogens is 4. The number of hydrogen-bond donors (Lipinski definition) is 0. The zero-order valence-electron chi connectivity index (χ0n) is 39.0. The van der Waals surface area contributed by atoms with Gasteiger partial charge in [0.2, 0.25) is 0 Å². The van der Waals surface area contributed by atoms with Crippen molar-refractivity contribution in [3.05, 3.63) is 300 Å². The van der Waals surface area contributed by atoms with Crippen LogP contribution in [0.4, 0.5) is 0 Å². The molecule has 11 rings (SSSR count). The van der Waals surface area contributed by atoms with E-state index in [0.29, 0.717) is 9.54 Å². The molecule has 0 N–H and O–H groups in total. The van der Waals surface area contributed by atoms with E-state index in [1.807, 2.05) is 115 Å². The van der Waals surface area contributed by atoms with Crippen LogP contribution < -0.4 is 32.1 Å². The summed E-state index contributed by atoms with van der Waals surface area (Å²) in [5.41, 5.74) is 7.50. The van der Waals surface area contributed by atoms with Crippen molar-refractivity contribution < 1.29 is 0 Å². The fraction of sp³-hybridized carbons (Fsp3) is 0.0164. The maximum Gasteiger partial charge on any atom is 0.189 e. The van der Waals surface area contributed by atoms with Gasteiger partial charge < -0.3 is 0 Å². The van der Waals surface area contributed by atoms with Gasteiger partial charge in [0.05, 0.1) is 22.9 Å². The summed E-state index contributed by atoms with van der Waals surface area (Å²) < 4.78 is 9.87. The number of rotatable bonds is 10. The number of imidazole rings is 2. The molecule has 0 radical (unpaired) electrons. The Labute approximate surface area is 437 Å². The molecule has 0 aliphatic heterocycles. The maximum atomic E-state index is 6.64. The van der Waals surface area contributed by atoms with E-state index >= 15 is 0 Å². The van der Waals surface area contributed by atoms with E-state index in [-0.39, 0.29) is 0 Å². The van der Waals surface area contributed by atoms with Gasteiger partial charge in [-0.25, -0.2) is 0 Å². The third kappa shape index (κ3) is 10.6. The molecule has 0 amide bonds. The van der Waals surface area contributed by atoms with Crippen molar-refractivity contribution in [1.82, 2.24) is 18.3 Å². The average Bonchev–Trinajstić information content (AvgIpc) is 3.99. The summed E-state index contributed by atoms with van der Waals surface area (Å²) in [4.78, 5) is 0. The minimum atomic E-state index is -2.40. The summed E-state index contributed by atoms with van der Waals surface area (Å²) in [5, 5.41) is 4.58. The number of aryl methyl sites for hydroxylation is 1. The molecule has 0 saturated carbocycles.